The van der Waals surface area contributed by atoms with Crippen LogP contribution in [0.2, 0.25) is 0 Å². The second kappa shape index (κ2) is 7.75. The zero-order valence-corrected chi connectivity index (χ0v) is 13.7. The van der Waals surface area contributed by atoms with Crippen molar-refractivity contribution in [3.63, 3.8) is 0 Å². The molecule has 0 aliphatic rings. The molecule has 2 aromatic carbocycles. The molecule has 5 heteroatoms. The quantitative estimate of drug-likeness (QED) is 0.800. The first-order valence-corrected chi connectivity index (χ1v) is 7.61. The lowest BCUT2D eigenvalue weighted by atomic mass is 10.1. The lowest BCUT2D eigenvalue weighted by molar-refractivity contribution is -0.123. The van der Waals surface area contributed by atoms with Gasteiger partial charge in [-0.2, -0.15) is 0 Å². The van der Waals surface area contributed by atoms with Crippen LogP contribution >= 0.6 is 15.9 Å². The standard InChI is InChI=1S/C17H16BrNO3/c1-12(13-5-3-2-4-6-13)19-17(21)11-22-16-8-7-15(18)9-14(16)10-20/h2-10,12H,11H2,1H3,(H,19,21)/t12-/m1/s1. The Morgan fingerprint density at radius 3 is 2.68 bits per heavy atom. The second-order valence-electron chi connectivity index (χ2n) is 4.79. The van der Waals surface area contributed by atoms with Crippen LogP contribution in [-0.2, 0) is 4.79 Å². The predicted octanol–water partition coefficient (Wildman–Crippen LogP) is 3.52. The van der Waals surface area contributed by atoms with Gasteiger partial charge >= 0.3 is 0 Å². The summed E-state index contributed by atoms with van der Waals surface area (Å²) in [5.74, 6) is 0.150. The van der Waals surface area contributed by atoms with Gasteiger partial charge in [0.2, 0.25) is 0 Å². The van der Waals surface area contributed by atoms with Crippen molar-refractivity contribution in [3.8, 4) is 5.75 Å². The number of ether oxygens (including phenoxy) is 1. The molecule has 1 N–H and O–H groups in total. The van der Waals surface area contributed by atoms with Gasteiger partial charge in [-0.1, -0.05) is 46.3 Å². The molecule has 0 saturated heterocycles. The monoisotopic (exact) mass is 361 g/mol. The number of aldehydes is 1. The fraction of sp³-hybridized carbons (Fsp3) is 0.176. The Hall–Kier alpha value is -2.14. The van der Waals surface area contributed by atoms with E-state index < -0.39 is 0 Å². The van der Waals surface area contributed by atoms with E-state index in [4.69, 9.17) is 4.74 Å². The molecule has 0 fully saturated rings. The molecule has 1 amide bonds. The van der Waals surface area contributed by atoms with Crippen molar-refractivity contribution in [1.29, 1.82) is 0 Å². The third kappa shape index (κ3) is 4.43. The average molecular weight is 362 g/mol. The first kappa shape index (κ1) is 16.2. The topological polar surface area (TPSA) is 55.4 Å². The van der Waals surface area contributed by atoms with E-state index in [0.29, 0.717) is 17.6 Å². The second-order valence-corrected chi connectivity index (χ2v) is 5.70. The maximum absolute atomic E-state index is 11.9. The van der Waals surface area contributed by atoms with Gasteiger partial charge < -0.3 is 10.1 Å². The number of carbonyl (C=O) groups is 2. The van der Waals surface area contributed by atoms with Crippen LogP contribution in [0.1, 0.15) is 28.9 Å². The fourth-order valence-electron chi connectivity index (χ4n) is 1.99. The van der Waals surface area contributed by atoms with Gasteiger partial charge in [0.1, 0.15) is 5.75 Å². The molecule has 0 saturated carbocycles. The van der Waals surface area contributed by atoms with Crippen molar-refractivity contribution < 1.29 is 14.3 Å². The Bertz CT molecular complexity index is 658. The van der Waals surface area contributed by atoms with E-state index in [2.05, 4.69) is 21.2 Å². The lowest BCUT2D eigenvalue weighted by Crippen LogP contribution is -2.31. The molecular formula is C17H16BrNO3. The summed E-state index contributed by atoms with van der Waals surface area (Å²) >= 11 is 3.28. The van der Waals surface area contributed by atoms with Crippen molar-refractivity contribution in [2.45, 2.75) is 13.0 Å². The van der Waals surface area contributed by atoms with E-state index >= 15 is 0 Å². The first-order chi connectivity index (χ1) is 10.6. The average Bonchev–Trinajstić information content (AvgIpc) is 2.54. The number of carbonyl (C=O) groups excluding carboxylic acids is 2. The molecule has 0 bridgehead atoms. The molecule has 0 radical (unpaired) electrons. The largest absolute Gasteiger partial charge is 0.483 e. The van der Waals surface area contributed by atoms with E-state index in [1.165, 1.54) is 0 Å². The highest BCUT2D eigenvalue weighted by atomic mass is 79.9. The summed E-state index contributed by atoms with van der Waals surface area (Å²) in [6.07, 6.45) is 0.699. The molecule has 114 valence electrons. The minimum atomic E-state index is -0.240. The Labute approximate surface area is 137 Å². The molecule has 4 nitrogen and oxygen atoms in total. The van der Waals surface area contributed by atoms with Crippen molar-refractivity contribution in [2.24, 2.45) is 0 Å². The lowest BCUT2D eigenvalue weighted by Gasteiger charge is -2.15. The summed E-state index contributed by atoms with van der Waals surface area (Å²) in [7, 11) is 0. The normalized spacial score (nSPS) is 11.5. The highest BCUT2D eigenvalue weighted by Crippen LogP contribution is 2.21. The Morgan fingerprint density at radius 2 is 2.00 bits per heavy atom. The minimum Gasteiger partial charge on any atom is -0.483 e. The summed E-state index contributed by atoms with van der Waals surface area (Å²) in [5, 5.41) is 2.85. The third-order valence-electron chi connectivity index (χ3n) is 3.13. The highest BCUT2D eigenvalue weighted by molar-refractivity contribution is 9.10. The smallest absolute Gasteiger partial charge is 0.258 e. The van der Waals surface area contributed by atoms with Gasteiger partial charge in [0, 0.05) is 4.47 Å². The van der Waals surface area contributed by atoms with Crippen LogP contribution in [0.15, 0.2) is 53.0 Å². The summed E-state index contributed by atoms with van der Waals surface area (Å²) in [6.45, 7) is 1.77. The molecule has 0 spiro atoms. The molecule has 2 rings (SSSR count). The molecule has 0 aromatic heterocycles. The van der Waals surface area contributed by atoms with Gasteiger partial charge in [0.15, 0.2) is 12.9 Å². The fourth-order valence-corrected chi connectivity index (χ4v) is 2.37. The molecule has 22 heavy (non-hydrogen) atoms. The summed E-state index contributed by atoms with van der Waals surface area (Å²) in [5.41, 5.74) is 1.42. The van der Waals surface area contributed by atoms with Crippen LogP contribution in [0.5, 0.6) is 5.75 Å². The van der Waals surface area contributed by atoms with Crippen LogP contribution in [0.3, 0.4) is 0 Å². The number of benzene rings is 2. The van der Waals surface area contributed by atoms with Gasteiger partial charge in [0.25, 0.3) is 5.91 Å². The van der Waals surface area contributed by atoms with E-state index in [0.717, 1.165) is 10.0 Å². The summed E-state index contributed by atoms with van der Waals surface area (Å²) < 4.78 is 6.20. The number of hydrogen-bond acceptors (Lipinski definition) is 3. The van der Waals surface area contributed by atoms with Crippen molar-refractivity contribution >= 4 is 28.1 Å². The molecule has 2 aromatic rings. The zero-order chi connectivity index (χ0) is 15.9. The molecular weight excluding hydrogens is 346 g/mol. The predicted molar refractivity (Wildman–Crippen MR) is 88.0 cm³/mol. The number of nitrogens with one attached hydrogen (secondary N) is 1. The molecule has 1 atom stereocenters. The van der Waals surface area contributed by atoms with E-state index in [1.807, 2.05) is 37.3 Å². The van der Waals surface area contributed by atoms with E-state index in [1.54, 1.807) is 18.2 Å². The first-order valence-electron chi connectivity index (χ1n) is 6.82. The van der Waals surface area contributed by atoms with Gasteiger partial charge in [-0.05, 0) is 30.7 Å². The SMILES string of the molecule is C[C@@H](NC(=O)COc1ccc(Br)cc1C=O)c1ccccc1. The molecule has 0 heterocycles. The minimum absolute atomic E-state index is 0.104. The summed E-state index contributed by atoms with van der Waals surface area (Å²) in [6, 6.07) is 14.6. The Kier molecular flexibility index (Phi) is 5.72. The van der Waals surface area contributed by atoms with Crippen LogP contribution in [-0.4, -0.2) is 18.8 Å². The number of halogens is 1. The molecule has 0 aliphatic carbocycles. The van der Waals surface area contributed by atoms with Crippen LogP contribution in [0.25, 0.3) is 0 Å². The van der Waals surface area contributed by atoms with Crippen molar-refractivity contribution in [1.82, 2.24) is 5.32 Å². The van der Waals surface area contributed by atoms with Crippen LogP contribution in [0, 0.1) is 0 Å². The number of hydrogen-bond donors (Lipinski definition) is 1. The highest BCUT2D eigenvalue weighted by Gasteiger charge is 2.11. The Balaban J connectivity index is 1.92. The van der Waals surface area contributed by atoms with Crippen molar-refractivity contribution in [2.75, 3.05) is 6.61 Å². The maximum atomic E-state index is 11.9. The Morgan fingerprint density at radius 1 is 1.27 bits per heavy atom. The van der Waals surface area contributed by atoms with E-state index in [-0.39, 0.29) is 18.6 Å². The van der Waals surface area contributed by atoms with Crippen LogP contribution < -0.4 is 10.1 Å². The summed E-state index contributed by atoms with van der Waals surface area (Å²) in [4.78, 5) is 22.9. The number of rotatable bonds is 6. The molecule has 0 aliphatic heterocycles. The van der Waals surface area contributed by atoms with Gasteiger partial charge in [-0.25, -0.2) is 0 Å². The van der Waals surface area contributed by atoms with Gasteiger partial charge in [-0.15, -0.1) is 0 Å². The van der Waals surface area contributed by atoms with Gasteiger partial charge in [-0.3, -0.25) is 9.59 Å². The maximum Gasteiger partial charge on any atom is 0.258 e. The van der Waals surface area contributed by atoms with Crippen LogP contribution in [0.4, 0.5) is 0 Å². The van der Waals surface area contributed by atoms with E-state index in [9.17, 15) is 9.59 Å². The van der Waals surface area contributed by atoms with Gasteiger partial charge in [0.05, 0.1) is 11.6 Å². The number of amides is 1. The zero-order valence-electron chi connectivity index (χ0n) is 12.1. The third-order valence-corrected chi connectivity index (χ3v) is 3.63. The van der Waals surface area contributed by atoms with Crippen molar-refractivity contribution in [3.05, 3.63) is 64.1 Å². The molecule has 0 unspecified atom stereocenters.